The van der Waals surface area contributed by atoms with Gasteiger partial charge in [0.05, 0.1) is 0 Å². The van der Waals surface area contributed by atoms with Gasteiger partial charge in [0.15, 0.2) is 5.12 Å². The van der Waals surface area contributed by atoms with Crippen LogP contribution in [0.25, 0.3) is 0 Å². The van der Waals surface area contributed by atoms with Gasteiger partial charge in [-0.2, -0.15) is 0 Å². The number of hydrogen-bond acceptors (Lipinski definition) is 6. The molecule has 0 aromatic carbocycles. The highest BCUT2D eigenvalue weighted by Gasteiger charge is 2.39. The zero-order chi connectivity index (χ0) is 19.5. The van der Waals surface area contributed by atoms with Crippen LogP contribution in [0.5, 0.6) is 0 Å². The van der Waals surface area contributed by atoms with Crippen molar-refractivity contribution in [1.29, 1.82) is 0 Å². The summed E-state index contributed by atoms with van der Waals surface area (Å²) in [5.41, 5.74) is 0. The number of methoxy groups -OCH3 is 1. The van der Waals surface area contributed by atoms with Gasteiger partial charge in [0.1, 0.15) is 0 Å². The first kappa shape index (κ1) is 26.1. The average molecular weight is 409 g/mol. The van der Waals surface area contributed by atoms with E-state index < -0.39 is 8.80 Å². The van der Waals surface area contributed by atoms with E-state index in [-0.39, 0.29) is 0 Å². The lowest BCUT2D eigenvalue weighted by atomic mass is 10.1. The molecule has 26 heavy (non-hydrogen) atoms. The van der Waals surface area contributed by atoms with Gasteiger partial charge in [-0.05, 0) is 33.1 Å². The summed E-state index contributed by atoms with van der Waals surface area (Å²) in [6.07, 6.45) is 8.34. The van der Waals surface area contributed by atoms with Crippen molar-refractivity contribution >= 4 is 25.7 Å². The molecule has 0 rings (SSSR count). The Bertz CT molecular complexity index is 325. The summed E-state index contributed by atoms with van der Waals surface area (Å²) in [6, 6.07) is 0.762. The maximum Gasteiger partial charge on any atom is 0.500 e. The summed E-state index contributed by atoms with van der Waals surface area (Å²) in [7, 11) is -0.950. The van der Waals surface area contributed by atoms with Crippen molar-refractivity contribution in [3.8, 4) is 0 Å². The van der Waals surface area contributed by atoms with Crippen LogP contribution in [0.2, 0.25) is 6.04 Å². The Labute approximate surface area is 166 Å². The van der Waals surface area contributed by atoms with Crippen LogP contribution in [0.15, 0.2) is 0 Å². The van der Waals surface area contributed by atoms with Gasteiger partial charge in [0.2, 0.25) is 0 Å². The molecular formula is C19H40O5SSi. The first-order chi connectivity index (χ1) is 12.6. The predicted molar refractivity (Wildman–Crippen MR) is 112 cm³/mol. The average Bonchev–Trinajstić information content (AvgIpc) is 2.63. The number of hydrogen-bond donors (Lipinski definition) is 0. The standard InChI is InChI=1S/C19H40O5SSi/c1-5-8-9-10-11-14-19(20)25-17-13-18-26(22-6-2,23-7-3)24-16-12-15-21-4/h5-18H2,1-4H3. The van der Waals surface area contributed by atoms with Crippen molar-refractivity contribution in [2.75, 3.05) is 39.3 Å². The van der Waals surface area contributed by atoms with Crippen molar-refractivity contribution in [2.45, 2.75) is 78.2 Å². The Balaban J connectivity index is 4.11. The molecule has 0 aromatic rings. The van der Waals surface area contributed by atoms with Crippen LogP contribution in [0.1, 0.15) is 72.1 Å². The molecule has 0 aliphatic carbocycles. The van der Waals surface area contributed by atoms with Crippen molar-refractivity contribution in [3.05, 3.63) is 0 Å². The van der Waals surface area contributed by atoms with Gasteiger partial charge < -0.3 is 18.0 Å². The molecule has 0 saturated heterocycles. The SMILES string of the molecule is CCCCCCCC(=O)SCCC[Si](OCC)(OCC)OCCCOC. The van der Waals surface area contributed by atoms with Gasteiger partial charge in [-0.3, -0.25) is 4.79 Å². The van der Waals surface area contributed by atoms with E-state index in [9.17, 15) is 4.79 Å². The molecule has 0 heterocycles. The topological polar surface area (TPSA) is 54.0 Å². The van der Waals surface area contributed by atoms with E-state index in [1.165, 1.54) is 37.4 Å². The first-order valence-electron chi connectivity index (χ1n) is 10.2. The lowest BCUT2D eigenvalue weighted by molar-refractivity contribution is -0.111. The zero-order valence-electron chi connectivity index (χ0n) is 17.3. The van der Waals surface area contributed by atoms with Crippen LogP contribution in [0.4, 0.5) is 0 Å². The second-order valence-corrected chi connectivity index (χ2v) is 10.1. The third-order valence-corrected chi connectivity index (χ3v) is 8.00. The largest absolute Gasteiger partial charge is 0.500 e. The Kier molecular flexibility index (Phi) is 18.5. The van der Waals surface area contributed by atoms with Gasteiger partial charge in [0, 0.05) is 51.8 Å². The third kappa shape index (κ3) is 14.2. The van der Waals surface area contributed by atoms with E-state index >= 15 is 0 Å². The molecule has 0 radical (unpaired) electrons. The maximum absolute atomic E-state index is 12.0. The molecular weight excluding hydrogens is 368 g/mol. The quantitative estimate of drug-likeness (QED) is 0.220. The monoisotopic (exact) mass is 408 g/mol. The van der Waals surface area contributed by atoms with E-state index in [1.807, 2.05) is 13.8 Å². The Morgan fingerprint density at radius 2 is 1.54 bits per heavy atom. The highest BCUT2D eigenvalue weighted by atomic mass is 32.2. The molecule has 0 aliphatic rings. The number of carbonyl (C=O) groups is 1. The molecule has 0 bridgehead atoms. The van der Waals surface area contributed by atoms with Gasteiger partial charge in [-0.1, -0.05) is 44.4 Å². The molecule has 7 heteroatoms. The van der Waals surface area contributed by atoms with Gasteiger partial charge in [-0.25, -0.2) is 0 Å². The molecule has 5 nitrogen and oxygen atoms in total. The summed E-state index contributed by atoms with van der Waals surface area (Å²) in [5, 5.41) is 0.308. The Morgan fingerprint density at radius 3 is 2.15 bits per heavy atom. The highest BCUT2D eigenvalue weighted by molar-refractivity contribution is 8.13. The number of ether oxygens (including phenoxy) is 1. The Morgan fingerprint density at radius 1 is 0.846 bits per heavy atom. The van der Waals surface area contributed by atoms with Gasteiger partial charge >= 0.3 is 8.80 Å². The van der Waals surface area contributed by atoms with Crippen molar-refractivity contribution in [1.82, 2.24) is 0 Å². The first-order valence-corrected chi connectivity index (χ1v) is 13.1. The zero-order valence-corrected chi connectivity index (χ0v) is 19.2. The van der Waals surface area contributed by atoms with Crippen LogP contribution in [0, 0.1) is 0 Å². The lowest BCUT2D eigenvalue weighted by Crippen LogP contribution is -2.46. The number of unbranched alkanes of at least 4 members (excludes halogenated alkanes) is 4. The molecule has 0 atom stereocenters. The van der Waals surface area contributed by atoms with Gasteiger partial charge in [0.25, 0.3) is 0 Å². The summed E-state index contributed by atoms with van der Waals surface area (Å²) in [4.78, 5) is 12.0. The predicted octanol–water partition coefficient (Wildman–Crippen LogP) is 5.06. The van der Waals surface area contributed by atoms with Crippen molar-refractivity contribution in [2.24, 2.45) is 0 Å². The van der Waals surface area contributed by atoms with Crippen molar-refractivity contribution < 1.29 is 22.8 Å². The lowest BCUT2D eigenvalue weighted by Gasteiger charge is -2.29. The number of rotatable bonds is 19. The second kappa shape index (κ2) is 18.4. The molecule has 0 saturated carbocycles. The molecule has 0 fully saturated rings. The maximum atomic E-state index is 12.0. The van der Waals surface area contributed by atoms with Crippen LogP contribution >= 0.6 is 11.8 Å². The second-order valence-electron chi connectivity index (χ2n) is 6.23. The van der Waals surface area contributed by atoms with E-state index in [2.05, 4.69) is 6.92 Å². The highest BCUT2D eigenvalue weighted by Crippen LogP contribution is 2.21. The van der Waals surface area contributed by atoms with Crippen LogP contribution < -0.4 is 0 Å². The molecule has 0 spiro atoms. The van der Waals surface area contributed by atoms with Crippen LogP contribution in [0.3, 0.4) is 0 Å². The molecule has 0 N–H and O–H groups in total. The van der Waals surface area contributed by atoms with Gasteiger partial charge in [-0.15, -0.1) is 0 Å². The van der Waals surface area contributed by atoms with E-state index in [4.69, 9.17) is 18.0 Å². The molecule has 156 valence electrons. The van der Waals surface area contributed by atoms with E-state index in [0.29, 0.717) is 38.0 Å². The summed E-state index contributed by atoms with van der Waals surface area (Å²) in [6.45, 7) is 8.57. The molecule has 0 aromatic heterocycles. The normalized spacial score (nSPS) is 11.8. The smallest absolute Gasteiger partial charge is 0.385 e. The minimum Gasteiger partial charge on any atom is -0.385 e. The van der Waals surface area contributed by atoms with Crippen molar-refractivity contribution in [3.63, 3.8) is 0 Å². The van der Waals surface area contributed by atoms with E-state index in [1.54, 1.807) is 7.11 Å². The van der Waals surface area contributed by atoms with E-state index in [0.717, 1.165) is 31.1 Å². The third-order valence-electron chi connectivity index (χ3n) is 3.92. The number of thioether (sulfide) groups is 1. The number of carbonyl (C=O) groups excluding carboxylic acids is 1. The minimum atomic E-state index is -2.64. The fourth-order valence-electron chi connectivity index (χ4n) is 2.63. The summed E-state index contributed by atoms with van der Waals surface area (Å²) >= 11 is 1.45. The molecule has 0 aliphatic heterocycles. The summed E-state index contributed by atoms with van der Waals surface area (Å²) < 4.78 is 22.9. The van der Waals surface area contributed by atoms with Crippen LogP contribution in [-0.4, -0.2) is 53.2 Å². The Hall–Kier alpha value is 0.0769. The minimum absolute atomic E-state index is 0.308. The fourth-order valence-corrected chi connectivity index (χ4v) is 6.32. The molecule has 0 amide bonds. The van der Waals surface area contributed by atoms with Crippen LogP contribution in [-0.2, 0) is 22.8 Å². The molecule has 0 unspecified atom stereocenters. The fraction of sp³-hybridized carbons (Fsp3) is 0.947. The summed E-state index contributed by atoms with van der Waals surface area (Å²) in [5.74, 6) is 0.810.